The molecular formula is C10H15N3O4S. The van der Waals surface area contributed by atoms with Gasteiger partial charge in [-0.2, -0.15) is 13.7 Å². The van der Waals surface area contributed by atoms with Gasteiger partial charge in [-0.15, -0.1) is 0 Å². The van der Waals surface area contributed by atoms with Crippen LogP contribution >= 0.6 is 0 Å². The van der Waals surface area contributed by atoms with E-state index in [4.69, 9.17) is 9.81 Å². The van der Waals surface area contributed by atoms with Crippen LogP contribution in [0.25, 0.3) is 0 Å². The number of carbonyl (C=O) groups excluding carboxylic acids is 1. The zero-order chi connectivity index (χ0) is 14.2. The van der Waals surface area contributed by atoms with E-state index in [1.807, 2.05) is 0 Å². The molecule has 0 bridgehead atoms. The molecule has 0 saturated carbocycles. The summed E-state index contributed by atoms with van der Waals surface area (Å²) in [5, 5.41) is 10.9. The Kier molecular flexibility index (Phi) is 6.70. The van der Waals surface area contributed by atoms with Crippen molar-refractivity contribution in [2.45, 2.75) is 0 Å². The second-order valence-electron chi connectivity index (χ2n) is 3.54. The van der Waals surface area contributed by atoms with Gasteiger partial charge in [0.1, 0.15) is 11.6 Å². The van der Waals surface area contributed by atoms with Crippen molar-refractivity contribution in [3.05, 3.63) is 23.9 Å². The number of allylic oxidation sites excluding steroid dienone is 2. The Balaban J connectivity index is 4.42. The summed E-state index contributed by atoms with van der Waals surface area (Å²) >= 11 is 0. The summed E-state index contributed by atoms with van der Waals surface area (Å²) in [5.41, 5.74) is -0.150. The van der Waals surface area contributed by atoms with Gasteiger partial charge >= 0.3 is 0 Å². The van der Waals surface area contributed by atoms with Crippen LogP contribution in [0.5, 0.6) is 0 Å². The standard InChI is InChI=1S/C10H15N3O4S/c1-13(2)6-3-4-9(8-11)10(14)12-5-7-18(15,16)17/h3-4,6H,5,7H2,1-2H3,(H,12,14)(H,15,16,17). The average molecular weight is 273 g/mol. The molecule has 0 fully saturated rings. The summed E-state index contributed by atoms with van der Waals surface area (Å²) in [6.07, 6.45) is 4.46. The number of hydrogen-bond donors (Lipinski definition) is 2. The largest absolute Gasteiger partial charge is 0.383 e. The first-order chi connectivity index (χ1) is 8.26. The van der Waals surface area contributed by atoms with Crippen LogP contribution in [0.2, 0.25) is 0 Å². The Labute approximate surface area is 106 Å². The van der Waals surface area contributed by atoms with Gasteiger partial charge in [-0.05, 0) is 18.4 Å². The van der Waals surface area contributed by atoms with Gasteiger partial charge in [0.25, 0.3) is 16.0 Å². The van der Waals surface area contributed by atoms with E-state index in [9.17, 15) is 13.2 Å². The highest BCUT2D eigenvalue weighted by Gasteiger charge is 2.09. The fraction of sp³-hybridized carbons (Fsp3) is 0.400. The molecular weight excluding hydrogens is 258 g/mol. The lowest BCUT2D eigenvalue weighted by atomic mass is 10.2. The van der Waals surface area contributed by atoms with Crippen LogP contribution in [0, 0.1) is 11.3 Å². The number of nitrogens with one attached hydrogen (secondary N) is 1. The predicted octanol–water partition coefficient (Wildman–Crippen LogP) is -0.484. The molecule has 2 N–H and O–H groups in total. The van der Waals surface area contributed by atoms with Gasteiger partial charge in [0.15, 0.2) is 0 Å². The lowest BCUT2D eigenvalue weighted by Crippen LogP contribution is -2.29. The second kappa shape index (κ2) is 7.47. The van der Waals surface area contributed by atoms with Crippen molar-refractivity contribution >= 4 is 16.0 Å². The number of hydrogen-bond acceptors (Lipinski definition) is 5. The Bertz CT molecular complexity index is 486. The maximum absolute atomic E-state index is 11.4. The fourth-order valence-electron chi connectivity index (χ4n) is 0.864. The van der Waals surface area contributed by atoms with E-state index in [1.54, 1.807) is 31.3 Å². The molecule has 0 aromatic carbocycles. The molecule has 0 radical (unpaired) electrons. The summed E-state index contributed by atoms with van der Waals surface area (Å²) in [6, 6.07) is 1.69. The van der Waals surface area contributed by atoms with Crippen LogP contribution < -0.4 is 5.32 Å². The van der Waals surface area contributed by atoms with E-state index >= 15 is 0 Å². The second-order valence-corrected chi connectivity index (χ2v) is 5.11. The van der Waals surface area contributed by atoms with Crippen LogP contribution in [-0.2, 0) is 14.9 Å². The summed E-state index contributed by atoms with van der Waals surface area (Å²) in [7, 11) is -0.557. The first-order valence-corrected chi connectivity index (χ1v) is 6.55. The first-order valence-electron chi connectivity index (χ1n) is 4.94. The molecule has 100 valence electrons. The van der Waals surface area contributed by atoms with E-state index in [0.29, 0.717) is 0 Å². The number of rotatable bonds is 6. The van der Waals surface area contributed by atoms with Crippen molar-refractivity contribution in [1.29, 1.82) is 5.26 Å². The first kappa shape index (κ1) is 16.1. The molecule has 0 rings (SSSR count). The van der Waals surface area contributed by atoms with Crippen molar-refractivity contribution in [2.24, 2.45) is 0 Å². The maximum Gasteiger partial charge on any atom is 0.266 e. The summed E-state index contributed by atoms with van der Waals surface area (Å²) in [6.45, 7) is -0.256. The Morgan fingerprint density at radius 1 is 1.50 bits per heavy atom. The summed E-state index contributed by atoms with van der Waals surface area (Å²) in [4.78, 5) is 13.1. The summed E-state index contributed by atoms with van der Waals surface area (Å²) in [5.74, 6) is -1.28. The highest BCUT2D eigenvalue weighted by molar-refractivity contribution is 7.85. The third kappa shape index (κ3) is 8.32. The van der Waals surface area contributed by atoms with Gasteiger partial charge in [-0.3, -0.25) is 9.35 Å². The van der Waals surface area contributed by atoms with Crippen molar-refractivity contribution in [2.75, 3.05) is 26.4 Å². The molecule has 0 saturated heterocycles. The lowest BCUT2D eigenvalue weighted by molar-refractivity contribution is -0.117. The Morgan fingerprint density at radius 2 is 2.11 bits per heavy atom. The molecule has 7 nitrogen and oxygen atoms in total. The molecule has 0 atom stereocenters. The van der Waals surface area contributed by atoms with Gasteiger partial charge in [0.05, 0.1) is 5.75 Å². The molecule has 0 aromatic rings. The van der Waals surface area contributed by atoms with Crippen molar-refractivity contribution in [3.8, 4) is 6.07 Å². The normalized spacial score (nSPS) is 12.2. The zero-order valence-corrected chi connectivity index (χ0v) is 10.9. The quantitative estimate of drug-likeness (QED) is 0.292. The van der Waals surface area contributed by atoms with E-state index in [1.165, 1.54) is 12.2 Å². The molecule has 0 aliphatic rings. The van der Waals surface area contributed by atoms with Crippen molar-refractivity contribution in [3.63, 3.8) is 0 Å². The minimum absolute atomic E-state index is 0.150. The van der Waals surface area contributed by atoms with Crippen LogP contribution in [0.15, 0.2) is 23.9 Å². The van der Waals surface area contributed by atoms with Gasteiger partial charge in [-0.25, -0.2) is 0 Å². The summed E-state index contributed by atoms with van der Waals surface area (Å²) < 4.78 is 29.3. The van der Waals surface area contributed by atoms with E-state index in [-0.39, 0.29) is 12.1 Å². The monoisotopic (exact) mass is 273 g/mol. The number of nitrogens with zero attached hydrogens (tertiary/aromatic N) is 2. The van der Waals surface area contributed by atoms with Crippen molar-refractivity contribution < 1.29 is 17.8 Å². The molecule has 18 heavy (non-hydrogen) atoms. The SMILES string of the molecule is CN(C)C=CC=C(C#N)C(=O)NCCS(=O)(=O)O. The number of amides is 1. The third-order valence-electron chi connectivity index (χ3n) is 1.66. The molecule has 0 aromatic heterocycles. The van der Waals surface area contributed by atoms with Gasteiger partial charge < -0.3 is 10.2 Å². The van der Waals surface area contributed by atoms with Crippen LogP contribution in [-0.4, -0.2) is 50.2 Å². The molecule has 0 heterocycles. The molecule has 1 amide bonds. The van der Waals surface area contributed by atoms with E-state index in [0.717, 1.165) is 0 Å². The Hall–Kier alpha value is -1.85. The molecule has 0 aliphatic heterocycles. The predicted molar refractivity (Wildman–Crippen MR) is 65.9 cm³/mol. The maximum atomic E-state index is 11.4. The van der Waals surface area contributed by atoms with Crippen LogP contribution in [0.3, 0.4) is 0 Å². The van der Waals surface area contributed by atoms with E-state index in [2.05, 4.69) is 5.32 Å². The highest BCUT2D eigenvalue weighted by Crippen LogP contribution is 1.94. The molecule has 0 unspecified atom stereocenters. The van der Waals surface area contributed by atoms with Gasteiger partial charge in [0, 0.05) is 20.6 Å². The minimum atomic E-state index is -4.12. The van der Waals surface area contributed by atoms with Crippen molar-refractivity contribution in [1.82, 2.24) is 10.2 Å². The molecule has 0 aliphatic carbocycles. The average Bonchev–Trinajstić information content (AvgIpc) is 2.22. The third-order valence-corrected chi connectivity index (χ3v) is 2.38. The lowest BCUT2D eigenvalue weighted by Gasteiger charge is -2.03. The Morgan fingerprint density at radius 3 is 2.56 bits per heavy atom. The van der Waals surface area contributed by atoms with Gasteiger partial charge in [0.2, 0.25) is 0 Å². The van der Waals surface area contributed by atoms with E-state index < -0.39 is 21.8 Å². The molecule has 0 spiro atoms. The smallest absolute Gasteiger partial charge is 0.266 e. The number of carbonyl (C=O) groups is 1. The number of nitriles is 1. The minimum Gasteiger partial charge on any atom is -0.383 e. The van der Waals surface area contributed by atoms with Crippen LogP contribution in [0.4, 0.5) is 0 Å². The molecule has 8 heteroatoms. The zero-order valence-electron chi connectivity index (χ0n) is 10.1. The van der Waals surface area contributed by atoms with Crippen LogP contribution in [0.1, 0.15) is 0 Å². The van der Waals surface area contributed by atoms with Gasteiger partial charge in [-0.1, -0.05) is 0 Å². The fourth-order valence-corrected chi connectivity index (χ4v) is 1.22. The topological polar surface area (TPSA) is 111 Å². The highest BCUT2D eigenvalue weighted by atomic mass is 32.2.